The van der Waals surface area contributed by atoms with Crippen molar-refractivity contribution >= 4 is 0 Å². The van der Waals surface area contributed by atoms with E-state index >= 15 is 0 Å². The van der Waals surface area contributed by atoms with Gasteiger partial charge in [0.05, 0.1) is 6.42 Å². The third-order valence-corrected chi connectivity index (χ3v) is 11.8. The Hall–Kier alpha value is 1.99. The molecule has 6 rings (SSSR count). The molecular weight excluding hydrogens is 951 g/mol. The zero-order chi connectivity index (χ0) is 41.4. The van der Waals surface area contributed by atoms with Crippen molar-refractivity contribution in [2.45, 2.75) is 273 Å². The second-order valence-corrected chi connectivity index (χ2v) is 16.6. The molecule has 0 aromatic heterocycles. The van der Waals surface area contributed by atoms with E-state index in [0.717, 1.165) is 37.0 Å². The molecule has 0 amide bonds. The van der Waals surface area contributed by atoms with E-state index in [1.165, 1.54) is 212 Å². The van der Waals surface area contributed by atoms with Crippen LogP contribution in [0.1, 0.15) is 273 Å². The zero-order valence-corrected chi connectivity index (χ0v) is 50.6. The van der Waals surface area contributed by atoms with Crippen LogP contribution in [0.2, 0.25) is 0 Å². The summed E-state index contributed by atoms with van der Waals surface area (Å²) in [5, 5.41) is 0. The summed E-state index contributed by atoms with van der Waals surface area (Å²) in [4.78, 5) is 0. The molecule has 3 radical (unpaired) electrons. The van der Waals surface area contributed by atoms with Crippen LogP contribution < -0.4 is 0 Å². The first-order valence-corrected chi connectivity index (χ1v) is 25.2. The maximum Gasteiger partial charge on any atom is 0.0702 e. The SMILES string of the molecule is CCC#CC1CCCCC1.CCC#CCC#CC1CCCCC1.CCC1CCCCC1.CCCC1CCCCC1.[CH-]1CCCCC1.[CH-]1CCCCC1.[CH2-]C.[CH2-]C.[CH3-].[Y].[Y].[Y]. The fraction of sp³-hybridized carbons (Fsp3) is 0.807. The first-order chi connectivity index (χ1) is 27.7. The maximum absolute atomic E-state index is 3.33. The monoisotopic (exact) mass is 1050 g/mol. The third kappa shape index (κ3) is 54.3. The van der Waals surface area contributed by atoms with E-state index in [2.05, 4.69) is 89.9 Å². The number of hydrogen-bond donors (Lipinski definition) is 0. The van der Waals surface area contributed by atoms with Gasteiger partial charge in [0.1, 0.15) is 0 Å². The van der Waals surface area contributed by atoms with E-state index in [0.29, 0.717) is 5.92 Å². The topological polar surface area (TPSA) is 0 Å². The smallest absolute Gasteiger partial charge is 0.0702 e. The normalized spacial score (nSPS) is 18.4. The maximum atomic E-state index is 3.33. The molecule has 0 heterocycles. The van der Waals surface area contributed by atoms with Crippen molar-refractivity contribution in [3.8, 4) is 35.5 Å². The molecule has 6 saturated carbocycles. The van der Waals surface area contributed by atoms with Gasteiger partial charge in [-0.3, -0.25) is 0 Å². The van der Waals surface area contributed by atoms with E-state index in [9.17, 15) is 0 Å². The minimum absolute atomic E-state index is 0. The standard InChI is InChI=1S/C13H18.C10H16.C9H18.C8H16.2C6H11.2C2H5.CH3.3Y/c1-2-3-4-5-7-10-13-11-8-6-9-12-13;1-2-3-7-10-8-5-4-6-9-10;1-2-6-9-7-4-3-5-8-9;1-2-8-6-4-3-5-7-8;2*1-2-4-6-5-3-1;2*1-2;;;;/h13H,2,5-6,8-9,11-12H2,1H3;10H,2,4-6,8-9H2,1H3;9H,2-8H2,1H3;8H,2-7H2,1H3;2*1H,2-6H2;2*1H2,2H3;1H3;;;/q;;;;5*-1;;;. The molecule has 0 unspecified atom stereocenters. The molecule has 0 atom stereocenters. The molecule has 0 bridgehead atoms. The predicted molar refractivity (Wildman–Crippen MR) is 263 cm³/mol. The van der Waals surface area contributed by atoms with Gasteiger partial charge in [-0.25, -0.2) is 0 Å². The van der Waals surface area contributed by atoms with Crippen LogP contribution in [0.4, 0.5) is 0 Å². The van der Waals surface area contributed by atoms with Gasteiger partial charge in [-0.05, 0) is 37.5 Å². The summed E-state index contributed by atoms with van der Waals surface area (Å²) in [5.74, 6) is 22.7. The van der Waals surface area contributed by atoms with Crippen LogP contribution >= 0.6 is 0 Å². The van der Waals surface area contributed by atoms with Gasteiger partial charge in [-0.1, -0.05) is 212 Å². The summed E-state index contributed by atoms with van der Waals surface area (Å²) in [6, 6.07) is 0. The van der Waals surface area contributed by atoms with E-state index in [-0.39, 0.29) is 106 Å². The van der Waals surface area contributed by atoms with Gasteiger partial charge < -0.3 is 34.1 Å². The summed E-state index contributed by atoms with van der Waals surface area (Å²) in [6.07, 6.45) is 54.8. The minimum atomic E-state index is 0. The Morgan fingerprint density at radius 1 is 0.400 bits per heavy atom. The van der Waals surface area contributed by atoms with Gasteiger partial charge in [-0.2, -0.15) is 39.5 Å². The predicted octanol–water partition coefficient (Wildman–Crippen LogP) is 19.1. The fourth-order valence-electron chi connectivity index (χ4n) is 8.44. The average Bonchev–Trinajstić information content (AvgIpc) is 3.31. The quantitative estimate of drug-likeness (QED) is 0.195. The average molecular weight is 1060 g/mol. The molecule has 345 valence electrons. The van der Waals surface area contributed by atoms with Crippen molar-refractivity contribution in [3.63, 3.8) is 0 Å². The van der Waals surface area contributed by atoms with Crippen molar-refractivity contribution in [1.29, 1.82) is 0 Å². The minimum Gasteiger partial charge on any atom is -0.358 e. The summed E-state index contributed by atoms with van der Waals surface area (Å²) in [5.41, 5.74) is 0. The van der Waals surface area contributed by atoms with Crippen molar-refractivity contribution in [1.82, 2.24) is 0 Å². The van der Waals surface area contributed by atoms with Gasteiger partial charge in [0.2, 0.25) is 0 Å². The molecule has 6 aliphatic carbocycles. The molecule has 0 N–H and O–H groups in total. The van der Waals surface area contributed by atoms with Crippen molar-refractivity contribution in [2.75, 3.05) is 0 Å². The fourth-order valence-corrected chi connectivity index (χ4v) is 8.44. The second kappa shape index (κ2) is 65.3. The van der Waals surface area contributed by atoms with Crippen LogP contribution in [-0.4, -0.2) is 0 Å². The molecule has 0 spiro atoms. The molecule has 6 aliphatic rings. The summed E-state index contributed by atoms with van der Waals surface area (Å²) in [6.45, 7) is 18.8. The molecule has 0 aromatic carbocycles. The van der Waals surface area contributed by atoms with Gasteiger partial charge in [0, 0.05) is 123 Å². The molecule has 0 nitrogen and oxygen atoms in total. The summed E-state index contributed by atoms with van der Waals surface area (Å²) in [7, 11) is 0. The van der Waals surface area contributed by atoms with Crippen molar-refractivity contribution in [2.24, 2.45) is 23.7 Å². The number of rotatable bonds is 3. The van der Waals surface area contributed by atoms with Crippen molar-refractivity contribution in [3.05, 3.63) is 34.1 Å². The van der Waals surface area contributed by atoms with Crippen LogP contribution in [0.15, 0.2) is 0 Å². The Labute approximate surface area is 458 Å². The van der Waals surface area contributed by atoms with Crippen LogP contribution in [0.3, 0.4) is 0 Å². The molecular formula is C57H103Y3-5. The van der Waals surface area contributed by atoms with Gasteiger partial charge in [0.15, 0.2) is 0 Å². The Morgan fingerprint density at radius 3 is 1.02 bits per heavy atom. The summed E-state index contributed by atoms with van der Waals surface area (Å²) < 4.78 is 0. The van der Waals surface area contributed by atoms with Crippen molar-refractivity contribution < 1.29 is 98.1 Å². The molecule has 0 aliphatic heterocycles. The van der Waals surface area contributed by atoms with E-state index < -0.39 is 0 Å². The van der Waals surface area contributed by atoms with E-state index in [1.54, 1.807) is 13.8 Å². The Kier molecular flexibility index (Phi) is 80.0. The molecule has 0 aromatic rings. The van der Waals surface area contributed by atoms with Gasteiger partial charge >= 0.3 is 0 Å². The van der Waals surface area contributed by atoms with E-state index in [4.69, 9.17) is 0 Å². The Balaban J connectivity index is -0.000000144. The summed E-state index contributed by atoms with van der Waals surface area (Å²) >= 11 is 0. The molecule has 0 saturated heterocycles. The van der Waals surface area contributed by atoms with Crippen LogP contribution in [0.5, 0.6) is 0 Å². The molecule has 60 heavy (non-hydrogen) atoms. The second-order valence-electron chi connectivity index (χ2n) is 16.6. The van der Waals surface area contributed by atoms with Crippen LogP contribution in [0.25, 0.3) is 0 Å². The first kappa shape index (κ1) is 73.6. The first-order valence-electron chi connectivity index (χ1n) is 25.2. The Bertz CT molecular complexity index is 870. The molecule has 3 heteroatoms. The van der Waals surface area contributed by atoms with Crippen LogP contribution in [-0.2, 0) is 98.1 Å². The third-order valence-electron chi connectivity index (χ3n) is 11.8. The van der Waals surface area contributed by atoms with Gasteiger partial charge in [0.25, 0.3) is 0 Å². The zero-order valence-electron chi connectivity index (χ0n) is 42.1. The largest absolute Gasteiger partial charge is 0.358 e. The Morgan fingerprint density at radius 2 is 0.733 bits per heavy atom. The van der Waals surface area contributed by atoms with E-state index in [1.807, 2.05) is 0 Å². The van der Waals surface area contributed by atoms with Gasteiger partial charge in [-0.15, -0.1) is 11.8 Å². The molecule has 6 fully saturated rings. The van der Waals surface area contributed by atoms with Crippen LogP contribution in [0, 0.1) is 93.3 Å². The number of hydrogen-bond acceptors (Lipinski definition) is 0.